The van der Waals surface area contributed by atoms with Gasteiger partial charge in [0.05, 0.1) is 5.69 Å². The lowest BCUT2D eigenvalue weighted by Gasteiger charge is -2.20. The molecule has 3 rings (SSSR count). The van der Waals surface area contributed by atoms with E-state index in [0.29, 0.717) is 5.56 Å². The minimum atomic E-state index is -4.45. The molecule has 1 aliphatic heterocycles. The smallest absolute Gasteiger partial charge is 0.308 e. The van der Waals surface area contributed by atoms with E-state index in [-0.39, 0.29) is 34.7 Å². The lowest BCUT2D eigenvalue weighted by molar-refractivity contribution is -0.119. The van der Waals surface area contributed by atoms with Crippen molar-refractivity contribution in [3.05, 3.63) is 48.2 Å². The van der Waals surface area contributed by atoms with Crippen LogP contribution in [0.15, 0.2) is 47.5 Å². The number of thioether (sulfide) groups is 1. The first-order chi connectivity index (χ1) is 15.3. The normalized spacial score (nSPS) is 17.2. The number of nitrogens with zero attached hydrogens (tertiary/aromatic N) is 4. The number of hydrogen-bond acceptors (Lipinski definition) is 6. The first kappa shape index (κ1) is 24.8. The van der Waals surface area contributed by atoms with Gasteiger partial charge in [-0.05, 0) is 60.6 Å². The number of rotatable bonds is 7. The van der Waals surface area contributed by atoms with Crippen molar-refractivity contribution < 1.29 is 31.2 Å². The third-order valence-corrected chi connectivity index (χ3v) is 6.87. The number of nitrogens with one attached hydrogen (secondary N) is 1. The molecule has 2 aromatic rings. The van der Waals surface area contributed by atoms with E-state index in [1.54, 1.807) is 6.07 Å². The van der Waals surface area contributed by atoms with Gasteiger partial charge < -0.3 is 4.90 Å². The molecule has 1 unspecified atom stereocenters. The molecule has 1 aromatic heterocycles. The number of pyridine rings is 1. The molecule has 1 saturated heterocycles. The fourth-order valence-corrected chi connectivity index (χ4v) is 4.09. The second-order valence-corrected chi connectivity index (χ2v) is 10.3. The number of imide groups is 1. The van der Waals surface area contributed by atoms with Crippen molar-refractivity contribution in [3.63, 3.8) is 0 Å². The van der Waals surface area contributed by atoms with E-state index in [1.807, 2.05) is 0 Å². The molecule has 14 heteroatoms. The molecule has 178 valence electrons. The van der Waals surface area contributed by atoms with E-state index in [0.717, 1.165) is 9.21 Å². The van der Waals surface area contributed by atoms with Gasteiger partial charge in [-0.2, -0.15) is 25.9 Å². The summed E-state index contributed by atoms with van der Waals surface area (Å²) >= 11 is -0.293. The summed E-state index contributed by atoms with van der Waals surface area (Å²) in [5, 5.41) is 0. The number of urea groups is 1. The molecule has 0 saturated carbocycles. The summed E-state index contributed by atoms with van der Waals surface area (Å²) in [6.45, 7) is 1.52. The van der Waals surface area contributed by atoms with Crippen LogP contribution in [0.2, 0.25) is 0 Å². The maximum atomic E-state index is 13.0. The Hall–Kier alpha value is -2.84. The van der Waals surface area contributed by atoms with E-state index < -0.39 is 33.7 Å². The molecular formula is C19H20F3N5O4S2. The minimum Gasteiger partial charge on any atom is -0.308 e. The highest BCUT2D eigenvalue weighted by molar-refractivity contribution is 8.00. The second-order valence-electron chi connectivity index (χ2n) is 7.24. The standard InChI is InChI=1S/C19H20F3N5O4S2/c1-12-17(28)27(14-4-6-15(7-5-14)32-19(20,21)22)18(29)26(12)11-13-8-9-23-16(10-13)24-33(30,31)25(2)3/h4-10,12H,11H2,1-3H3,(H,23,24). The molecule has 0 aliphatic carbocycles. The topological polar surface area (TPSA) is 103 Å². The van der Waals surface area contributed by atoms with Crippen LogP contribution in [0.3, 0.4) is 0 Å². The monoisotopic (exact) mass is 503 g/mol. The number of anilines is 2. The summed E-state index contributed by atoms with van der Waals surface area (Å²) in [5.74, 6) is -0.486. The van der Waals surface area contributed by atoms with Gasteiger partial charge >= 0.3 is 21.7 Å². The first-order valence-electron chi connectivity index (χ1n) is 9.44. The van der Waals surface area contributed by atoms with E-state index in [1.165, 1.54) is 62.4 Å². The average Bonchev–Trinajstić information content (AvgIpc) is 2.91. The predicted octanol–water partition coefficient (Wildman–Crippen LogP) is 3.27. The van der Waals surface area contributed by atoms with Crippen molar-refractivity contribution in [3.8, 4) is 0 Å². The summed E-state index contributed by atoms with van der Waals surface area (Å²) < 4.78 is 64.9. The quantitative estimate of drug-likeness (QED) is 0.460. The highest BCUT2D eigenvalue weighted by Gasteiger charge is 2.43. The second kappa shape index (κ2) is 9.19. The molecule has 0 bridgehead atoms. The van der Waals surface area contributed by atoms with Gasteiger partial charge in [-0.15, -0.1) is 0 Å². The van der Waals surface area contributed by atoms with Crippen molar-refractivity contribution in [2.75, 3.05) is 23.7 Å². The summed E-state index contributed by atoms with van der Waals surface area (Å²) in [5.41, 5.74) is -3.77. The van der Waals surface area contributed by atoms with Crippen LogP contribution in [0, 0.1) is 0 Å². The van der Waals surface area contributed by atoms with Crippen LogP contribution in [0.1, 0.15) is 12.5 Å². The summed E-state index contributed by atoms with van der Waals surface area (Å²) in [4.78, 5) is 31.8. The number of amides is 3. The van der Waals surface area contributed by atoms with Crippen LogP contribution in [-0.4, -0.2) is 60.2 Å². The number of aromatic nitrogens is 1. The maximum Gasteiger partial charge on any atom is 0.446 e. The van der Waals surface area contributed by atoms with Crippen LogP contribution in [-0.2, 0) is 21.5 Å². The van der Waals surface area contributed by atoms with Crippen molar-refractivity contribution in [1.29, 1.82) is 0 Å². The van der Waals surface area contributed by atoms with Gasteiger partial charge in [-0.1, -0.05) is 0 Å². The molecule has 3 amide bonds. The molecule has 1 N–H and O–H groups in total. The lowest BCUT2D eigenvalue weighted by Crippen LogP contribution is -2.33. The van der Waals surface area contributed by atoms with Crippen LogP contribution >= 0.6 is 11.8 Å². The van der Waals surface area contributed by atoms with Crippen molar-refractivity contribution in [2.24, 2.45) is 0 Å². The number of hydrogen-bond donors (Lipinski definition) is 1. The zero-order valence-electron chi connectivity index (χ0n) is 17.7. The van der Waals surface area contributed by atoms with Crippen LogP contribution in [0.4, 0.5) is 29.5 Å². The molecule has 1 atom stereocenters. The van der Waals surface area contributed by atoms with Crippen LogP contribution in [0.5, 0.6) is 0 Å². The molecule has 9 nitrogen and oxygen atoms in total. The fourth-order valence-electron chi connectivity index (χ4n) is 3.00. The van der Waals surface area contributed by atoms with Gasteiger partial charge in [0, 0.05) is 31.7 Å². The molecule has 0 radical (unpaired) electrons. The third kappa shape index (κ3) is 5.75. The molecule has 1 fully saturated rings. The van der Waals surface area contributed by atoms with Gasteiger partial charge in [0.15, 0.2) is 0 Å². The van der Waals surface area contributed by atoms with E-state index in [2.05, 4.69) is 9.71 Å². The number of carbonyl (C=O) groups is 2. The van der Waals surface area contributed by atoms with Crippen LogP contribution < -0.4 is 9.62 Å². The Morgan fingerprint density at radius 2 is 1.79 bits per heavy atom. The summed E-state index contributed by atoms with van der Waals surface area (Å²) in [6.07, 6.45) is 1.37. The zero-order chi connectivity index (χ0) is 24.6. The fraction of sp³-hybridized carbons (Fsp3) is 0.316. The molecule has 33 heavy (non-hydrogen) atoms. The Kier molecular flexibility index (Phi) is 6.91. The number of carbonyl (C=O) groups excluding carboxylic acids is 2. The molecule has 1 aliphatic rings. The number of benzene rings is 1. The van der Waals surface area contributed by atoms with Gasteiger partial charge in [-0.3, -0.25) is 9.52 Å². The highest BCUT2D eigenvalue weighted by atomic mass is 32.2. The van der Waals surface area contributed by atoms with Gasteiger partial charge in [0.2, 0.25) is 0 Å². The van der Waals surface area contributed by atoms with E-state index in [4.69, 9.17) is 0 Å². The maximum absolute atomic E-state index is 13.0. The van der Waals surface area contributed by atoms with E-state index in [9.17, 15) is 31.2 Å². The SMILES string of the molecule is CC1C(=O)N(c2ccc(SC(F)(F)F)cc2)C(=O)N1Cc1ccnc(NS(=O)(=O)N(C)C)c1. The third-order valence-electron chi connectivity index (χ3n) is 4.70. The van der Waals surface area contributed by atoms with Crippen molar-refractivity contribution >= 4 is 45.4 Å². The van der Waals surface area contributed by atoms with Gasteiger partial charge in [0.1, 0.15) is 11.9 Å². The minimum absolute atomic E-state index is 0.0105. The number of halogens is 3. The molecule has 0 spiro atoms. The Labute approximate surface area is 192 Å². The molecule has 1 aromatic carbocycles. The Morgan fingerprint density at radius 1 is 1.15 bits per heavy atom. The molecular weight excluding hydrogens is 483 g/mol. The van der Waals surface area contributed by atoms with E-state index >= 15 is 0 Å². The lowest BCUT2D eigenvalue weighted by atomic mass is 10.2. The predicted molar refractivity (Wildman–Crippen MR) is 117 cm³/mol. The zero-order valence-corrected chi connectivity index (χ0v) is 19.3. The van der Waals surface area contributed by atoms with Gasteiger partial charge in [0.25, 0.3) is 5.91 Å². The largest absolute Gasteiger partial charge is 0.446 e. The van der Waals surface area contributed by atoms with Crippen LogP contribution in [0.25, 0.3) is 0 Å². The molecule has 2 heterocycles. The van der Waals surface area contributed by atoms with Crippen molar-refractivity contribution in [2.45, 2.75) is 29.9 Å². The Balaban J connectivity index is 1.78. The van der Waals surface area contributed by atoms with Gasteiger partial charge in [-0.25, -0.2) is 14.7 Å². The summed E-state index contributed by atoms with van der Waals surface area (Å²) in [6, 6.07) is 6.47. The average molecular weight is 504 g/mol. The van der Waals surface area contributed by atoms with Crippen molar-refractivity contribution in [1.82, 2.24) is 14.2 Å². The number of alkyl halides is 3. The first-order valence-corrected chi connectivity index (χ1v) is 11.7. The Bertz CT molecular complexity index is 1160. The Morgan fingerprint density at radius 3 is 2.36 bits per heavy atom. The summed E-state index contributed by atoms with van der Waals surface area (Å²) in [7, 11) is -1.07. The highest BCUT2D eigenvalue weighted by Crippen LogP contribution is 2.38.